The highest BCUT2D eigenvalue weighted by Gasteiger charge is 2.46. The molecule has 0 radical (unpaired) electrons. The number of unbranched alkanes of at least 4 members (excludes halogenated alkanes) is 1. The van der Waals surface area contributed by atoms with Crippen LogP contribution in [0.25, 0.3) is 0 Å². The van der Waals surface area contributed by atoms with Crippen molar-refractivity contribution >= 4 is 0 Å². The summed E-state index contributed by atoms with van der Waals surface area (Å²) in [5.41, 5.74) is 5.14. The normalized spacial score (nSPS) is 12.4. The summed E-state index contributed by atoms with van der Waals surface area (Å²) in [5.74, 6) is 0.678. The van der Waals surface area contributed by atoms with Gasteiger partial charge in [-0.25, -0.2) is 0 Å². The second kappa shape index (κ2) is 7.58. The Balaban J connectivity index is 2.91. The van der Waals surface area contributed by atoms with E-state index in [1.165, 1.54) is 0 Å². The zero-order valence-corrected chi connectivity index (χ0v) is 18.3. The van der Waals surface area contributed by atoms with Gasteiger partial charge in [0.2, 0.25) is 0 Å². The van der Waals surface area contributed by atoms with E-state index in [0.717, 1.165) is 52.6 Å². The molecule has 27 heavy (non-hydrogen) atoms. The third-order valence-corrected chi connectivity index (χ3v) is 6.48. The van der Waals surface area contributed by atoms with Crippen LogP contribution in [0.2, 0.25) is 0 Å². The van der Waals surface area contributed by atoms with Crippen molar-refractivity contribution in [2.75, 3.05) is 0 Å². The van der Waals surface area contributed by atoms with Gasteiger partial charge >= 0.3 is 0 Å². The van der Waals surface area contributed by atoms with Gasteiger partial charge in [0, 0.05) is 16.5 Å². The van der Waals surface area contributed by atoms with Crippen molar-refractivity contribution in [1.82, 2.24) is 0 Å². The van der Waals surface area contributed by atoms with Gasteiger partial charge in [-0.15, -0.1) is 0 Å². The van der Waals surface area contributed by atoms with Crippen LogP contribution in [-0.4, -0.2) is 10.2 Å². The topological polar surface area (TPSA) is 40.5 Å². The summed E-state index contributed by atoms with van der Waals surface area (Å²) in [6.07, 6.45) is 3.25. The second-order valence-corrected chi connectivity index (χ2v) is 9.07. The number of benzene rings is 2. The van der Waals surface area contributed by atoms with E-state index in [2.05, 4.69) is 53.7 Å². The maximum absolute atomic E-state index is 11.1. The molecule has 0 aliphatic carbocycles. The molecule has 0 heterocycles. The lowest BCUT2D eigenvalue weighted by Gasteiger charge is -2.46. The molecular weight excluding hydrogens is 332 g/mol. The summed E-state index contributed by atoms with van der Waals surface area (Å²) in [6, 6.07) is 8.21. The number of aromatic hydroxyl groups is 2. The Hall–Kier alpha value is -1.96. The zero-order chi connectivity index (χ0) is 20.6. The highest BCUT2D eigenvalue weighted by Crippen LogP contribution is 2.55. The maximum atomic E-state index is 11.1. The first-order valence-electron chi connectivity index (χ1n) is 10.1. The van der Waals surface area contributed by atoms with E-state index >= 15 is 0 Å². The summed E-state index contributed by atoms with van der Waals surface area (Å²) in [6.45, 7) is 16.9. The van der Waals surface area contributed by atoms with Crippen LogP contribution in [0, 0.1) is 33.1 Å². The molecule has 0 saturated heterocycles. The highest BCUT2D eigenvalue weighted by molar-refractivity contribution is 5.57. The molecule has 2 N–H and O–H groups in total. The molecule has 0 aliphatic heterocycles. The van der Waals surface area contributed by atoms with Gasteiger partial charge in [-0.3, -0.25) is 0 Å². The molecule has 2 aromatic rings. The first kappa shape index (κ1) is 21.3. The fourth-order valence-electron chi connectivity index (χ4n) is 4.43. The van der Waals surface area contributed by atoms with E-state index in [9.17, 15) is 10.2 Å². The summed E-state index contributed by atoms with van der Waals surface area (Å²) in [4.78, 5) is 0. The molecule has 2 nitrogen and oxygen atoms in total. The molecule has 0 aliphatic rings. The Bertz CT molecular complexity index is 773. The van der Waals surface area contributed by atoms with Crippen LogP contribution < -0.4 is 0 Å². The van der Waals surface area contributed by atoms with Crippen molar-refractivity contribution in [3.8, 4) is 11.5 Å². The Morgan fingerprint density at radius 3 is 1.52 bits per heavy atom. The molecule has 0 unspecified atom stereocenters. The molecule has 2 heteroatoms. The van der Waals surface area contributed by atoms with Crippen molar-refractivity contribution < 1.29 is 10.2 Å². The third-order valence-electron chi connectivity index (χ3n) is 6.48. The predicted molar refractivity (Wildman–Crippen MR) is 115 cm³/mol. The fraction of sp³-hybridized carbons (Fsp3) is 0.520. The van der Waals surface area contributed by atoms with Gasteiger partial charge in [0.05, 0.1) is 0 Å². The van der Waals surface area contributed by atoms with Crippen molar-refractivity contribution in [3.63, 3.8) is 0 Å². The number of hydrogen-bond donors (Lipinski definition) is 2. The van der Waals surface area contributed by atoms with E-state index in [1.807, 2.05) is 26.0 Å². The molecule has 0 saturated carbocycles. The molecule has 0 bridgehead atoms. The standard InChI is InChI=1S/C25H36O2/c1-9-10-11-24(6,7)25(8,20-14-16(2)12-18(4)22(20)26)21-15-17(3)13-19(5)23(21)27/h12-15,26-27H,9-11H2,1-8H3. The van der Waals surface area contributed by atoms with Crippen LogP contribution in [-0.2, 0) is 5.41 Å². The van der Waals surface area contributed by atoms with E-state index in [4.69, 9.17) is 0 Å². The molecular formula is C25H36O2. The average molecular weight is 369 g/mol. The fourth-order valence-corrected chi connectivity index (χ4v) is 4.43. The first-order chi connectivity index (χ1) is 12.5. The second-order valence-electron chi connectivity index (χ2n) is 9.07. The minimum Gasteiger partial charge on any atom is -0.507 e. The van der Waals surface area contributed by atoms with Crippen LogP contribution >= 0.6 is 0 Å². The van der Waals surface area contributed by atoms with E-state index in [-0.39, 0.29) is 5.41 Å². The average Bonchev–Trinajstić information content (AvgIpc) is 2.58. The van der Waals surface area contributed by atoms with Crippen LogP contribution in [0.3, 0.4) is 0 Å². The van der Waals surface area contributed by atoms with Gasteiger partial charge in [0.1, 0.15) is 11.5 Å². The van der Waals surface area contributed by atoms with Gasteiger partial charge in [-0.1, -0.05) is 75.9 Å². The van der Waals surface area contributed by atoms with Crippen molar-refractivity contribution in [2.24, 2.45) is 5.41 Å². The van der Waals surface area contributed by atoms with Gasteiger partial charge in [-0.2, -0.15) is 0 Å². The largest absolute Gasteiger partial charge is 0.507 e. The highest BCUT2D eigenvalue weighted by atomic mass is 16.3. The molecule has 0 atom stereocenters. The van der Waals surface area contributed by atoms with Crippen molar-refractivity contribution in [1.29, 1.82) is 0 Å². The summed E-state index contributed by atoms with van der Waals surface area (Å²) in [7, 11) is 0. The van der Waals surface area contributed by atoms with E-state index < -0.39 is 5.41 Å². The summed E-state index contributed by atoms with van der Waals surface area (Å²) < 4.78 is 0. The van der Waals surface area contributed by atoms with Crippen LogP contribution in [0.4, 0.5) is 0 Å². The van der Waals surface area contributed by atoms with Crippen LogP contribution in [0.1, 0.15) is 80.3 Å². The lowest BCUT2D eigenvalue weighted by Crippen LogP contribution is -2.41. The minimum atomic E-state index is -0.524. The molecule has 148 valence electrons. The van der Waals surface area contributed by atoms with Crippen LogP contribution in [0.5, 0.6) is 11.5 Å². The lowest BCUT2D eigenvalue weighted by molar-refractivity contribution is 0.187. The maximum Gasteiger partial charge on any atom is 0.122 e. The molecule has 2 aromatic carbocycles. The summed E-state index contributed by atoms with van der Waals surface area (Å²) >= 11 is 0. The van der Waals surface area contributed by atoms with Crippen molar-refractivity contribution in [3.05, 3.63) is 57.6 Å². The van der Waals surface area contributed by atoms with Crippen LogP contribution in [0.15, 0.2) is 24.3 Å². The third kappa shape index (κ3) is 3.72. The smallest absolute Gasteiger partial charge is 0.122 e. The Kier molecular flexibility index (Phi) is 5.99. The van der Waals surface area contributed by atoms with E-state index in [1.54, 1.807) is 0 Å². The van der Waals surface area contributed by atoms with Gasteiger partial charge in [-0.05, 0) is 50.7 Å². The van der Waals surface area contributed by atoms with Crippen molar-refractivity contribution in [2.45, 2.75) is 80.1 Å². The van der Waals surface area contributed by atoms with Gasteiger partial charge < -0.3 is 10.2 Å². The lowest BCUT2D eigenvalue weighted by atomic mass is 9.57. The number of rotatable bonds is 6. The first-order valence-corrected chi connectivity index (χ1v) is 10.1. The molecule has 0 amide bonds. The molecule has 2 rings (SSSR count). The molecule has 0 spiro atoms. The molecule has 0 fully saturated rings. The Morgan fingerprint density at radius 1 is 0.741 bits per heavy atom. The predicted octanol–water partition coefficient (Wildman–Crippen LogP) is 6.85. The summed E-state index contributed by atoms with van der Waals surface area (Å²) in [5, 5.41) is 22.1. The number of phenolic OH excluding ortho intramolecular Hbond substituents is 2. The SMILES string of the molecule is CCCCC(C)(C)C(C)(c1cc(C)cc(C)c1O)c1cc(C)cc(C)c1O. The van der Waals surface area contributed by atoms with Gasteiger partial charge in [0.25, 0.3) is 0 Å². The number of hydrogen-bond acceptors (Lipinski definition) is 2. The monoisotopic (exact) mass is 368 g/mol. The minimum absolute atomic E-state index is 0.154. The Morgan fingerprint density at radius 2 is 1.15 bits per heavy atom. The Labute approximate surface area is 165 Å². The van der Waals surface area contributed by atoms with E-state index in [0.29, 0.717) is 11.5 Å². The number of phenols is 2. The zero-order valence-electron chi connectivity index (χ0n) is 18.3. The molecule has 0 aromatic heterocycles. The van der Waals surface area contributed by atoms with Gasteiger partial charge in [0.15, 0.2) is 0 Å². The quantitative estimate of drug-likeness (QED) is 0.585. The number of aryl methyl sites for hydroxylation is 4.